The minimum atomic E-state index is -4.18. The summed E-state index contributed by atoms with van der Waals surface area (Å²) in [5.74, 6) is -0.735. The number of amides is 2. The predicted octanol–water partition coefficient (Wildman–Crippen LogP) is 3.84. The summed E-state index contributed by atoms with van der Waals surface area (Å²) < 4.78 is 34.1. The van der Waals surface area contributed by atoms with Crippen LogP contribution in [0.15, 0.2) is 77.7 Å². The van der Waals surface area contributed by atoms with Crippen molar-refractivity contribution < 1.29 is 22.7 Å². The van der Waals surface area contributed by atoms with E-state index in [0.717, 1.165) is 5.56 Å². The Bertz CT molecular complexity index is 1280. The third-order valence-corrected chi connectivity index (χ3v) is 6.49. The van der Waals surface area contributed by atoms with Gasteiger partial charge in [-0.1, -0.05) is 48.0 Å². The highest BCUT2D eigenvalue weighted by atomic mass is 35.5. The molecule has 0 spiro atoms. The molecule has 0 heterocycles. The van der Waals surface area contributed by atoms with Gasteiger partial charge in [0, 0.05) is 23.3 Å². The first kappa shape index (κ1) is 25.2. The van der Waals surface area contributed by atoms with Crippen molar-refractivity contribution in [2.24, 2.45) is 0 Å². The van der Waals surface area contributed by atoms with Gasteiger partial charge in [0.05, 0.1) is 7.11 Å². The Kier molecular flexibility index (Phi) is 8.27. The molecule has 3 aromatic carbocycles. The number of rotatable bonds is 9. The number of sulfonamides is 1. The van der Waals surface area contributed by atoms with Crippen LogP contribution in [0.2, 0.25) is 5.02 Å². The average molecular weight is 502 g/mol. The summed E-state index contributed by atoms with van der Waals surface area (Å²) in [5.41, 5.74) is 1.65. The fraction of sp³-hybridized carbons (Fsp3) is 0.167. The van der Waals surface area contributed by atoms with Crippen molar-refractivity contribution in [1.82, 2.24) is 4.72 Å². The molecule has 8 nitrogen and oxygen atoms in total. The monoisotopic (exact) mass is 501 g/mol. The van der Waals surface area contributed by atoms with Gasteiger partial charge in [0.15, 0.2) is 0 Å². The van der Waals surface area contributed by atoms with Gasteiger partial charge in [-0.2, -0.15) is 4.72 Å². The molecule has 10 heteroatoms. The van der Waals surface area contributed by atoms with Crippen molar-refractivity contribution >= 4 is 44.8 Å². The van der Waals surface area contributed by atoms with Gasteiger partial charge in [0.25, 0.3) is 0 Å². The van der Waals surface area contributed by atoms with Crippen molar-refractivity contribution in [1.29, 1.82) is 0 Å². The highest BCUT2D eigenvalue weighted by Gasteiger charge is 2.28. The molecule has 1 unspecified atom stereocenters. The molecular weight excluding hydrogens is 478 g/mol. The predicted molar refractivity (Wildman–Crippen MR) is 132 cm³/mol. The van der Waals surface area contributed by atoms with Crippen molar-refractivity contribution in [3.8, 4) is 5.75 Å². The first-order chi connectivity index (χ1) is 16.2. The summed E-state index contributed by atoms with van der Waals surface area (Å²) in [6.07, 6.45) is 0.0974. The number of ether oxygens (including phenoxy) is 1. The molecule has 0 aliphatic carbocycles. The van der Waals surface area contributed by atoms with E-state index in [0.29, 0.717) is 11.4 Å². The molecule has 34 heavy (non-hydrogen) atoms. The number of anilines is 2. The Labute approximate surface area is 203 Å². The van der Waals surface area contributed by atoms with Crippen LogP contribution in [0.3, 0.4) is 0 Å². The standard InChI is InChI=1S/C24H24ClN3O5S/c1-16(29)26-19-9-6-10-20(15-19)27-24(30)21(13-17-7-4-3-5-8-17)28-34(31,32)23-14-18(25)11-12-22(23)33-2/h3-12,14-15,21,28H,13H2,1-2H3,(H,26,29)(H,27,30). The topological polar surface area (TPSA) is 114 Å². The summed E-state index contributed by atoms with van der Waals surface area (Å²) in [6, 6.07) is 18.6. The van der Waals surface area contributed by atoms with Crippen LogP contribution in [0, 0.1) is 0 Å². The van der Waals surface area contributed by atoms with Crippen LogP contribution in [-0.4, -0.2) is 33.4 Å². The Morgan fingerprint density at radius 2 is 1.62 bits per heavy atom. The number of benzene rings is 3. The summed E-state index contributed by atoms with van der Waals surface area (Å²) >= 11 is 6.01. The first-order valence-electron chi connectivity index (χ1n) is 10.3. The van der Waals surface area contributed by atoms with E-state index in [1.807, 2.05) is 6.07 Å². The molecule has 0 fully saturated rings. The molecule has 3 aromatic rings. The lowest BCUT2D eigenvalue weighted by Gasteiger charge is -2.20. The van der Waals surface area contributed by atoms with Crippen molar-refractivity contribution in [3.63, 3.8) is 0 Å². The van der Waals surface area contributed by atoms with Gasteiger partial charge in [0.1, 0.15) is 16.7 Å². The quantitative estimate of drug-likeness (QED) is 0.412. The lowest BCUT2D eigenvalue weighted by molar-refractivity contribution is -0.117. The van der Waals surface area contributed by atoms with E-state index < -0.39 is 22.0 Å². The number of hydrogen-bond acceptors (Lipinski definition) is 5. The van der Waals surface area contributed by atoms with E-state index in [2.05, 4.69) is 15.4 Å². The molecule has 0 bridgehead atoms. The molecule has 0 saturated heterocycles. The SMILES string of the molecule is COc1ccc(Cl)cc1S(=O)(=O)NC(Cc1ccccc1)C(=O)Nc1cccc(NC(C)=O)c1. The Balaban J connectivity index is 1.90. The van der Waals surface area contributed by atoms with E-state index in [1.165, 1.54) is 32.2 Å². The second kappa shape index (κ2) is 11.1. The fourth-order valence-electron chi connectivity index (χ4n) is 3.26. The lowest BCUT2D eigenvalue weighted by Crippen LogP contribution is -2.45. The van der Waals surface area contributed by atoms with E-state index in [-0.39, 0.29) is 28.0 Å². The Morgan fingerprint density at radius 3 is 2.26 bits per heavy atom. The van der Waals surface area contributed by atoms with Gasteiger partial charge in [-0.3, -0.25) is 9.59 Å². The zero-order valence-electron chi connectivity index (χ0n) is 18.5. The molecule has 0 aliphatic rings. The Morgan fingerprint density at radius 1 is 0.941 bits per heavy atom. The van der Waals surface area contributed by atoms with Gasteiger partial charge in [0.2, 0.25) is 21.8 Å². The fourth-order valence-corrected chi connectivity index (χ4v) is 4.88. The normalized spacial score (nSPS) is 12.0. The maximum absolute atomic E-state index is 13.2. The second-order valence-corrected chi connectivity index (χ2v) is 9.53. The molecule has 3 rings (SSSR count). The number of carbonyl (C=O) groups is 2. The van der Waals surface area contributed by atoms with Crippen molar-refractivity contribution in [3.05, 3.63) is 83.4 Å². The van der Waals surface area contributed by atoms with Crippen LogP contribution >= 0.6 is 11.6 Å². The molecule has 2 amide bonds. The molecule has 0 saturated carbocycles. The minimum Gasteiger partial charge on any atom is -0.495 e. The summed E-state index contributed by atoms with van der Waals surface area (Å²) in [4.78, 5) is 24.3. The van der Waals surface area contributed by atoms with Crippen molar-refractivity contribution in [2.75, 3.05) is 17.7 Å². The average Bonchev–Trinajstić information content (AvgIpc) is 2.79. The third-order valence-electron chi connectivity index (χ3n) is 4.76. The zero-order valence-corrected chi connectivity index (χ0v) is 20.1. The van der Waals surface area contributed by atoms with Crippen molar-refractivity contribution in [2.45, 2.75) is 24.3 Å². The molecule has 0 radical (unpaired) electrons. The molecular formula is C24H24ClN3O5S. The molecule has 3 N–H and O–H groups in total. The maximum atomic E-state index is 13.2. The minimum absolute atomic E-state index is 0.0961. The molecule has 0 aliphatic heterocycles. The molecule has 0 aromatic heterocycles. The van der Waals surface area contributed by atoms with Crippen LogP contribution in [0.5, 0.6) is 5.75 Å². The molecule has 178 valence electrons. The van der Waals surface area contributed by atoms with Crippen LogP contribution in [0.4, 0.5) is 11.4 Å². The number of methoxy groups -OCH3 is 1. The maximum Gasteiger partial charge on any atom is 0.245 e. The third kappa shape index (κ3) is 6.80. The van der Waals surface area contributed by atoms with Crippen LogP contribution in [-0.2, 0) is 26.0 Å². The van der Waals surface area contributed by atoms with Crippen LogP contribution in [0.25, 0.3) is 0 Å². The highest BCUT2D eigenvalue weighted by molar-refractivity contribution is 7.89. The molecule has 1 atom stereocenters. The van der Waals surface area contributed by atoms with E-state index in [4.69, 9.17) is 16.3 Å². The van der Waals surface area contributed by atoms with Gasteiger partial charge < -0.3 is 15.4 Å². The first-order valence-corrected chi connectivity index (χ1v) is 12.1. The Hall–Kier alpha value is -3.40. The van der Waals surface area contributed by atoms with E-state index >= 15 is 0 Å². The summed E-state index contributed by atoms with van der Waals surface area (Å²) in [7, 11) is -2.84. The number of hydrogen-bond donors (Lipinski definition) is 3. The van der Waals surface area contributed by atoms with Crippen LogP contribution < -0.4 is 20.1 Å². The second-order valence-electron chi connectivity index (χ2n) is 7.41. The zero-order chi connectivity index (χ0) is 24.7. The van der Waals surface area contributed by atoms with Gasteiger partial charge in [-0.25, -0.2) is 8.42 Å². The highest BCUT2D eigenvalue weighted by Crippen LogP contribution is 2.27. The summed E-state index contributed by atoms with van der Waals surface area (Å²) in [5, 5.41) is 5.56. The van der Waals surface area contributed by atoms with Crippen LogP contribution in [0.1, 0.15) is 12.5 Å². The lowest BCUT2D eigenvalue weighted by atomic mass is 10.1. The van der Waals surface area contributed by atoms with E-state index in [1.54, 1.807) is 48.5 Å². The van der Waals surface area contributed by atoms with Gasteiger partial charge in [-0.05, 0) is 48.4 Å². The largest absolute Gasteiger partial charge is 0.495 e. The van der Waals surface area contributed by atoms with E-state index in [9.17, 15) is 18.0 Å². The number of halogens is 1. The number of carbonyl (C=O) groups excluding carboxylic acids is 2. The van der Waals surface area contributed by atoms with Gasteiger partial charge in [-0.15, -0.1) is 0 Å². The van der Waals surface area contributed by atoms with Gasteiger partial charge >= 0.3 is 0 Å². The number of nitrogens with one attached hydrogen (secondary N) is 3. The summed E-state index contributed by atoms with van der Waals surface area (Å²) in [6.45, 7) is 1.38. The smallest absolute Gasteiger partial charge is 0.245 e.